The third-order valence-corrected chi connectivity index (χ3v) is 7.08. The van der Waals surface area contributed by atoms with Crippen molar-refractivity contribution < 1.29 is 14.3 Å². The monoisotopic (exact) mass is 376 g/mol. The van der Waals surface area contributed by atoms with Crippen molar-refractivity contribution in [1.29, 1.82) is 0 Å². The number of thiophene rings is 1. The molecule has 0 unspecified atom stereocenters. The lowest BCUT2D eigenvalue weighted by Crippen LogP contribution is -2.40. The molecule has 4 rings (SSSR count). The van der Waals surface area contributed by atoms with Crippen molar-refractivity contribution in [2.24, 2.45) is 5.92 Å². The molecule has 3 heterocycles. The largest absolute Gasteiger partial charge is 0.378 e. The second-order valence-corrected chi connectivity index (χ2v) is 8.78. The molecule has 0 saturated carbocycles. The van der Waals surface area contributed by atoms with Gasteiger partial charge in [0, 0.05) is 37.0 Å². The summed E-state index contributed by atoms with van der Waals surface area (Å²) in [6.07, 6.45) is 7.43. The van der Waals surface area contributed by atoms with Gasteiger partial charge >= 0.3 is 0 Å². The summed E-state index contributed by atoms with van der Waals surface area (Å²) in [5, 5.41) is 0. The van der Waals surface area contributed by atoms with Crippen LogP contribution in [0.15, 0.2) is 6.07 Å². The standard InChI is InChI=1S/C20H28N2O3S/c23-19(21-7-3-1-2-4-8-21)15-5-6-17-16(13-15)14-18(26-17)20(24)22-9-11-25-12-10-22/h14-15H,1-13H2/t15-/m1/s1. The minimum absolute atomic E-state index is 0.0986. The minimum atomic E-state index is 0.0986. The van der Waals surface area contributed by atoms with Gasteiger partial charge in [-0.25, -0.2) is 0 Å². The Balaban J connectivity index is 1.42. The van der Waals surface area contributed by atoms with E-state index in [-0.39, 0.29) is 11.8 Å². The molecule has 0 bridgehead atoms. The number of hydrogen-bond acceptors (Lipinski definition) is 4. The van der Waals surface area contributed by atoms with Crippen LogP contribution in [-0.4, -0.2) is 61.0 Å². The molecule has 2 aliphatic heterocycles. The number of carbonyl (C=O) groups excluding carboxylic acids is 2. The highest BCUT2D eigenvalue weighted by Crippen LogP contribution is 2.34. The van der Waals surface area contributed by atoms with E-state index in [0.717, 1.165) is 50.1 Å². The van der Waals surface area contributed by atoms with Crippen molar-refractivity contribution in [2.45, 2.75) is 44.9 Å². The van der Waals surface area contributed by atoms with E-state index >= 15 is 0 Å². The van der Waals surface area contributed by atoms with Crippen LogP contribution in [0.2, 0.25) is 0 Å². The highest BCUT2D eigenvalue weighted by Gasteiger charge is 2.31. The number of ether oxygens (including phenoxy) is 1. The summed E-state index contributed by atoms with van der Waals surface area (Å²) in [7, 11) is 0. The van der Waals surface area contributed by atoms with Gasteiger partial charge in [-0.1, -0.05) is 12.8 Å². The minimum Gasteiger partial charge on any atom is -0.378 e. The first kappa shape index (κ1) is 18.0. The lowest BCUT2D eigenvalue weighted by atomic mass is 9.87. The molecule has 0 spiro atoms. The Bertz CT molecular complexity index is 658. The Hall–Kier alpha value is -1.40. The topological polar surface area (TPSA) is 49.9 Å². The number of rotatable bonds is 2. The van der Waals surface area contributed by atoms with Crippen LogP contribution in [0, 0.1) is 5.92 Å². The van der Waals surface area contributed by atoms with E-state index in [4.69, 9.17) is 4.74 Å². The van der Waals surface area contributed by atoms with Crippen LogP contribution < -0.4 is 0 Å². The SMILES string of the molecule is O=C(c1cc2c(s1)CC[C@@H](C(=O)N1CCCCCC1)C2)N1CCOCC1. The maximum absolute atomic E-state index is 12.9. The smallest absolute Gasteiger partial charge is 0.264 e. The first-order chi connectivity index (χ1) is 12.7. The summed E-state index contributed by atoms with van der Waals surface area (Å²) in [5.74, 6) is 0.564. The first-order valence-corrected chi connectivity index (χ1v) is 10.8. The Morgan fingerprint density at radius 3 is 2.46 bits per heavy atom. The lowest BCUT2D eigenvalue weighted by molar-refractivity contribution is -0.135. The van der Waals surface area contributed by atoms with E-state index in [1.807, 2.05) is 4.90 Å². The molecule has 2 fully saturated rings. The highest BCUT2D eigenvalue weighted by atomic mass is 32.1. The summed E-state index contributed by atoms with van der Waals surface area (Å²) in [6, 6.07) is 2.06. The molecule has 2 saturated heterocycles. The van der Waals surface area contributed by atoms with E-state index in [2.05, 4.69) is 11.0 Å². The molecule has 142 valence electrons. The highest BCUT2D eigenvalue weighted by molar-refractivity contribution is 7.14. The second kappa shape index (κ2) is 8.09. The number of aryl methyl sites for hydroxylation is 1. The number of carbonyl (C=O) groups is 2. The third kappa shape index (κ3) is 3.81. The van der Waals surface area contributed by atoms with Gasteiger partial charge in [-0.3, -0.25) is 9.59 Å². The van der Waals surface area contributed by atoms with Crippen LogP contribution >= 0.6 is 11.3 Å². The van der Waals surface area contributed by atoms with E-state index in [0.29, 0.717) is 32.2 Å². The Morgan fingerprint density at radius 1 is 1.00 bits per heavy atom. The van der Waals surface area contributed by atoms with Crippen LogP contribution in [0.25, 0.3) is 0 Å². The number of nitrogens with zero attached hydrogens (tertiary/aromatic N) is 2. The summed E-state index contributed by atoms with van der Waals surface area (Å²) in [4.78, 5) is 31.8. The molecule has 5 nitrogen and oxygen atoms in total. The van der Waals surface area contributed by atoms with Crippen LogP contribution in [0.5, 0.6) is 0 Å². The van der Waals surface area contributed by atoms with Crippen LogP contribution in [0.1, 0.15) is 52.2 Å². The molecule has 0 radical (unpaired) electrons. The quantitative estimate of drug-likeness (QED) is 0.797. The van der Waals surface area contributed by atoms with Crippen molar-refractivity contribution in [3.05, 3.63) is 21.4 Å². The van der Waals surface area contributed by atoms with E-state index in [1.165, 1.54) is 23.3 Å². The Labute approximate surface area is 159 Å². The number of hydrogen-bond donors (Lipinski definition) is 0. The molecule has 0 aromatic carbocycles. The molecular weight excluding hydrogens is 348 g/mol. The second-order valence-electron chi connectivity index (χ2n) is 7.64. The summed E-state index contributed by atoms with van der Waals surface area (Å²) in [5.41, 5.74) is 1.23. The normalized spacial score (nSPS) is 24.1. The van der Waals surface area contributed by atoms with Gasteiger partial charge in [0.15, 0.2) is 0 Å². The average molecular weight is 377 g/mol. The van der Waals surface area contributed by atoms with E-state index < -0.39 is 0 Å². The molecule has 1 atom stereocenters. The van der Waals surface area contributed by atoms with Gasteiger partial charge in [-0.05, 0) is 43.7 Å². The van der Waals surface area contributed by atoms with Gasteiger partial charge in [0.1, 0.15) is 0 Å². The van der Waals surface area contributed by atoms with Gasteiger partial charge in [-0.2, -0.15) is 0 Å². The Morgan fingerprint density at radius 2 is 1.73 bits per heavy atom. The predicted octanol–water partition coefficient (Wildman–Crippen LogP) is 2.73. The fourth-order valence-electron chi connectivity index (χ4n) is 4.31. The molecule has 1 aliphatic carbocycles. The van der Waals surface area contributed by atoms with Gasteiger partial charge in [0.2, 0.25) is 5.91 Å². The molecule has 3 aliphatic rings. The predicted molar refractivity (Wildman–Crippen MR) is 102 cm³/mol. The zero-order chi connectivity index (χ0) is 17.9. The molecule has 1 aromatic rings. The van der Waals surface area contributed by atoms with Gasteiger partial charge in [0.05, 0.1) is 18.1 Å². The average Bonchev–Trinajstić information content (AvgIpc) is 2.92. The zero-order valence-electron chi connectivity index (χ0n) is 15.4. The maximum atomic E-state index is 12.9. The van der Waals surface area contributed by atoms with Gasteiger partial charge < -0.3 is 14.5 Å². The van der Waals surface area contributed by atoms with Crippen LogP contribution in [0.4, 0.5) is 0 Å². The van der Waals surface area contributed by atoms with Crippen molar-refractivity contribution in [3.8, 4) is 0 Å². The lowest BCUT2D eigenvalue weighted by Gasteiger charge is -2.28. The molecule has 26 heavy (non-hydrogen) atoms. The molecule has 1 aromatic heterocycles. The van der Waals surface area contributed by atoms with Crippen LogP contribution in [0.3, 0.4) is 0 Å². The van der Waals surface area contributed by atoms with E-state index in [1.54, 1.807) is 11.3 Å². The first-order valence-electron chi connectivity index (χ1n) is 10.00. The van der Waals surface area contributed by atoms with Crippen molar-refractivity contribution >= 4 is 23.2 Å². The number of fused-ring (bicyclic) bond motifs is 1. The molecule has 2 amide bonds. The van der Waals surface area contributed by atoms with Crippen molar-refractivity contribution in [1.82, 2.24) is 9.80 Å². The molecular formula is C20H28N2O3S. The maximum Gasteiger partial charge on any atom is 0.264 e. The fourth-order valence-corrected chi connectivity index (χ4v) is 5.49. The number of amides is 2. The van der Waals surface area contributed by atoms with E-state index in [9.17, 15) is 9.59 Å². The van der Waals surface area contributed by atoms with Gasteiger partial charge in [0.25, 0.3) is 5.91 Å². The van der Waals surface area contributed by atoms with Crippen LogP contribution in [-0.2, 0) is 22.4 Å². The van der Waals surface area contributed by atoms with Crippen molar-refractivity contribution in [2.75, 3.05) is 39.4 Å². The molecule has 6 heteroatoms. The fraction of sp³-hybridized carbons (Fsp3) is 0.700. The number of likely N-dealkylation sites (tertiary alicyclic amines) is 1. The van der Waals surface area contributed by atoms with Gasteiger partial charge in [-0.15, -0.1) is 11.3 Å². The summed E-state index contributed by atoms with van der Waals surface area (Å²) >= 11 is 1.63. The van der Waals surface area contributed by atoms with Crippen molar-refractivity contribution in [3.63, 3.8) is 0 Å². The molecule has 0 N–H and O–H groups in total. The number of morpholine rings is 1. The zero-order valence-corrected chi connectivity index (χ0v) is 16.2. The third-order valence-electron chi connectivity index (χ3n) is 5.86. The summed E-state index contributed by atoms with van der Waals surface area (Å²) < 4.78 is 5.34. The summed E-state index contributed by atoms with van der Waals surface area (Å²) in [6.45, 7) is 4.46. The Kier molecular flexibility index (Phi) is 5.60.